The highest BCUT2D eigenvalue weighted by Crippen LogP contribution is 2.37. The number of allylic oxidation sites excluding steroid dienone is 1. The number of aliphatic hydroxyl groups excluding tert-OH is 1. The van der Waals surface area contributed by atoms with Gasteiger partial charge in [-0.25, -0.2) is 13.8 Å². The van der Waals surface area contributed by atoms with E-state index in [0.717, 1.165) is 5.69 Å². The Morgan fingerprint density at radius 3 is 2.11 bits per heavy atom. The second-order valence-electron chi connectivity index (χ2n) is 12.7. The average molecular weight is 664 g/mol. The Kier molecular flexibility index (Phi) is 13.6. The summed E-state index contributed by atoms with van der Waals surface area (Å²) in [7, 11) is 3.79. The van der Waals surface area contributed by atoms with Gasteiger partial charge in [0.1, 0.15) is 11.6 Å². The van der Waals surface area contributed by atoms with Crippen LogP contribution in [0.2, 0.25) is 0 Å². The van der Waals surface area contributed by atoms with Crippen LogP contribution in [0.4, 0.5) is 27.6 Å². The van der Waals surface area contributed by atoms with Gasteiger partial charge in [-0.2, -0.15) is 13.2 Å². The monoisotopic (exact) mass is 663 g/mol. The number of nitrogens with zero attached hydrogens (tertiary/aromatic N) is 4. The van der Waals surface area contributed by atoms with Crippen LogP contribution in [0.1, 0.15) is 70.6 Å². The first-order chi connectivity index (χ1) is 21.8. The van der Waals surface area contributed by atoms with Gasteiger partial charge in [-0.3, -0.25) is 0 Å². The Labute approximate surface area is 276 Å². The van der Waals surface area contributed by atoms with Crippen molar-refractivity contribution in [1.29, 1.82) is 0 Å². The first kappa shape index (κ1) is 39.3. The van der Waals surface area contributed by atoms with Crippen molar-refractivity contribution in [2.45, 2.75) is 92.2 Å². The minimum atomic E-state index is -4.59. The maximum absolute atomic E-state index is 14.7. The summed E-state index contributed by atoms with van der Waals surface area (Å²) < 4.78 is 72.1. The molecule has 1 aliphatic rings. The topological polar surface area (TPSA) is 56.6 Å². The average Bonchev–Trinajstić information content (AvgIpc) is 3.35. The van der Waals surface area contributed by atoms with E-state index in [4.69, 9.17) is 5.11 Å². The van der Waals surface area contributed by atoms with Crippen molar-refractivity contribution >= 4 is 5.69 Å². The third kappa shape index (κ3) is 11.1. The minimum Gasteiger partial charge on any atom is -0.513 e. The number of hydrogen-bond donors (Lipinski definition) is 2. The first-order valence-corrected chi connectivity index (χ1v) is 15.7. The number of anilines is 1. The van der Waals surface area contributed by atoms with Crippen LogP contribution in [-0.2, 0) is 25.7 Å². The van der Waals surface area contributed by atoms with E-state index >= 15 is 0 Å². The van der Waals surface area contributed by atoms with E-state index in [2.05, 4.69) is 23.5 Å². The van der Waals surface area contributed by atoms with Crippen LogP contribution in [0.25, 0.3) is 11.3 Å². The molecule has 0 fully saturated rings. The van der Waals surface area contributed by atoms with Crippen LogP contribution in [-0.4, -0.2) is 51.8 Å². The van der Waals surface area contributed by atoms with E-state index in [1.54, 1.807) is 12.1 Å². The van der Waals surface area contributed by atoms with E-state index in [-0.39, 0.29) is 48.0 Å². The molecule has 0 radical (unpaired) electrons. The molecule has 260 valence electrons. The van der Waals surface area contributed by atoms with Crippen molar-refractivity contribution in [2.24, 2.45) is 0 Å². The molecular weight excluding hydrogens is 613 g/mol. The molecule has 2 heterocycles. The van der Waals surface area contributed by atoms with Crippen molar-refractivity contribution in [1.82, 2.24) is 19.8 Å². The van der Waals surface area contributed by atoms with Gasteiger partial charge < -0.3 is 24.8 Å². The molecule has 0 saturated heterocycles. The molecule has 0 spiro atoms. The molecule has 0 saturated carbocycles. The highest BCUT2D eigenvalue weighted by atomic mass is 19.4. The van der Waals surface area contributed by atoms with Gasteiger partial charge in [-0.1, -0.05) is 39.1 Å². The second-order valence-corrected chi connectivity index (χ2v) is 12.7. The molecule has 2 N–H and O–H groups in total. The fourth-order valence-corrected chi connectivity index (χ4v) is 5.31. The van der Waals surface area contributed by atoms with Crippen LogP contribution in [0.3, 0.4) is 0 Å². The van der Waals surface area contributed by atoms with Crippen molar-refractivity contribution in [3.05, 3.63) is 95.3 Å². The zero-order valence-electron chi connectivity index (χ0n) is 29.1. The molecule has 11 heteroatoms. The van der Waals surface area contributed by atoms with Crippen LogP contribution in [0, 0.1) is 18.6 Å². The Morgan fingerprint density at radius 1 is 1.02 bits per heavy atom. The van der Waals surface area contributed by atoms with Gasteiger partial charge in [-0.05, 0) is 76.4 Å². The van der Waals surface area contributed by atoms with E-state index in [1.807, 2.05) is 70.6 Å². The lowest BCUT2D eigenvalue weighted by Crippen LogP contribution is -2.46. The van der Waals surface area contributed by atoms with Crippen LogP contribution >= 0.6 is 0 Å². The lowest BCUT2D eigenvalue weighted by molar-refractivity contribution is -0.147. The molecule has 2 aromatic carbocycles. The molecule has 6 nitrogen and oxygen atoms in total. The van der Waals surface area contributed by atoms with E-state index in [9.17, 15) is 22.0 Å². The number of aryl methyl sites for hydroxylation is 1. The summed E-state index contributed by atoms with van der Waals surface area (Å²) in [6, 6.07) is 9.42. The third-order valence-electron chi connectivity index (χ3n) is 7.28. The number of halogens is 5. The highest BCUT2D eigenvalue weighted by Gasteiger charge is 2.40. The van der Waals surface area contributed by atoms with Crippen LogP contribution < -0.4 is 10.2 Å². The fourth-order valence-electron chi connectivity index (χ4n) is 5.31. The summed E-state index contributed by atoms with van der Waals surface area (Å²) in [5, 5.41) is 11.3. The second kappa shape index (κ2) is 16.3. The lowest BCUT2D eigenvalue weighted by Gasteiger charge is -2.36. The van der Waals surface area contributed by atoms with Gasteiger partial charge in [0, 0.05) is 62.1 Å². The molecule has 1 aliphatic heterocycles. The summed E-state index contributed by atoms with van der Waals surface area (Å²) in [5.74, 6) is -1.68. The zero-order valence-corrected chi connectivity index (χ0v) is 29.1. The summed E-state index contributed by atoms with van der Waals surface area (Å²) in [6.07, 6.45) is -3.96. The van der Waals surface area contributed by atoms with Gasteiger partial charge in [0.05, 0.1) is 23.7 Å². The standard InChI is InChI=1S/C31H38F5N5.C3H6O.C2H6/c1-19-14-26(33)22(17-25(19)32)16-23(38-30(3,4)5)15-20(2)40-12-13-41-27(18-40)28(37-29(41)31(34,35)36)21-8-10-24(11-9-21)39(6)7;1-3(2)4;1-2/h8-11,14,17,23,38H,2,12-13,15-16,18H2,1,3-7H3;4H,1H2,2H3;1-2H3. The van der Waals surface area contributed by atoms with Gasteiger partial charge in [-0.15, -0.1) is 0 Å². The Balaban J connectivity index is 0.00000119. The third-order valence-corrected chi connectivity index (χ3v) is 7.28. The van der Waals surface area contributed by atoms with Gasteiger partial charge in [0.15, 0.2) is 0 Å². The largest absolute Gasteiger partial charge is 0.513 e. The van der Waals surface area contributed by atoms with Gasteiger partial charge >= 0.3 is 6.18 Å². The predicted molar refractivity (Wildman–Crippen MR) is 181 cm³/mol. The summed E-state index contributed by atoms with van der Waals surface area (Å²) >= 11 is 0. The number of rotatable bonds is 8. The number of benzene rings is 2. The summed E-state index contributed by atoms with van der Waals surface area (Å²) in [4.78, 5) is 7.94. The Hall–Kier alpha value is -3.86. The molecule has 47 heavy (non-hydrogen) atoms. The number of nitrogens with one attached hydrogen (secondary N) is 1. The van der Waals surface area contributed by atoms with E-state index in [0.29, 0.717) is 35.6 Å². The number of fused-ring (bicyclic) bond motifs is 1. The SMILES string of the molecule is C=C(C)O.C=C(CC(Cc1cc(F)c(C)cc1F)NC(C)(C)C)N1CCn2c(C(F)(F)F)nc(-c3ccc(N(C)C)cc3)c2C1.CC. The Morgan fingerprint density at radius 2 is 1.60 bits per heavy atom. The van der Waals surface area contributed by atoms with Gasteiger partial charge in [0.25, 0.3) is 0 Å². The minimum absolute atomic E-state index is 0.0984. The number of aliphatic hydroxyl groups is 1. The molecule has 4 rings (SSSR count). The fraction of sp³-hybridized carbons (Fsp3) is 0.472. The summed E-state index contributed by atoms with van der Waals surface area (Å²) in [5.41, 5.74) is 3.18. The smallest absolute Gasteiger partial charge is 0.449 e. The zero-order chi connectivity index (χ0) is 35.9. The number of aromatic nitrogens is 2. The molecule has 3 aromatic rings. The van der Waals surface area contributed by atoms with Crippen molar-refractivity contribution in [3.63, 3.8) is 0 Å². The molecule has 1 aromatic heterocycles. The van der Waals surface area contributed by atoms with Crippen molar-refractivity contribution in [2.75, 3.05) is 25.5 Å². The predicted octanol–water partition coefficient (Wildman–Crippen LogP) is 9.04. The molecule has 0 amide bonds. The van der Waals surface area contributed by atoms with Crippen LogP contribution in [0.5, 0.6) is 0 Å². The number of imidazole rings is 1. The lowest BCUT2D eigenvalue weighted by atomic mass is 9.96. The molecule has 0 aliphatic carbocycles. The van der Waals surface area contributed by atoms with Gasteiger partial charge in [0.2, 0.25) is 5.82 Å². The van der Waals surface area contributed by atoms with Crippen LogP contribution in [0.15, 0.2) is 61.0 Å². The van der Waals surface area contributed by atoms with Crippen molar-refractivity contribution in [3.8, 4) is 11.3 Å². The number of alkyl halides is 3. The summed E-state index contributed by atoms with van der Waals surface area (Å²) in [6.45, 7) is 21.0. The highest BCUT2D eigenvalue weighted by molar-refractivity contribution is 5.66. The molecule has 0 bridgehead atoms. The van der Waals surface area contributed by atoms with E-state index < -0.39 is 23.6 Å². The van der Waals surface area contributed by atoms with Crippen molar-refractivity contribution < 1.29 is 27.1 Å². The molecule has 1 unspecified atom stereocenters. The molecular formula is C36H50F5N5O. The normalized spacial score (nSPS) is 13.4. The maximum Gasteiger partial charge on any atom is 0.449 e. The Bertz CT molecular complexity index is 1500. The van der Waals surface area contributed by atoms with E-state index in [1.165, 1.54) is 30.5 Å². The maximum atomic E-state index is 14.7. The first-order valence-electron chi connectivity index (χ1n) is 15.7. The number of hydrogen-bond acceptors (Lipinski definition) is 5. The molecule has 1 atom stereocenters. The quantitative estimate of drug-likeness (QED) is 0.186.